The van der Waals surface area contributed by atoms with Gasteiger partial charge in [-0.3, -0.25) is 4.79 Å². The van der Waals surface area contributed by atoms with Crippen LogP contribution < -0.4 is 10.5 Å². The summed E-state index contributed by atoms with van der Waals surface area (Å²) >= 11 is 0. The summed E-state index contributed by atoms with van der Waals surface area (Å²) in [6, 6.07) is 15.7. The third-order valence-electron chi connectivity index (χ3n) is 2.73. The number of primary amides is 1. The SMILES string of the molecule is COc1cc(CC(N)=O)ccc1-c1ccccc1. The van der Waals surface area contributed by atoms with E-state index in [1.54, 1.807) is 7.11 Å². The van der Waals surface area contributed by atoms with Crippen molar-refractivity contribution in [2.45, 2.75) is 6.42 Å². The molecular formula is C15H15NO2. The maximum atomic E-state index is 10.9. The highest BCUT2D eigenvalue weighted by molar-refractivity contribution is 5.78. The van der Waals surface area contributed by atoms with Gasteiger partial charge in [0, 0.05) is 5.56 Å². The minimum absolute atomic E-state index is 0.228. The van der Waals surface area contributed by atoms with E-state index in [0.717, 1.165) is 22.4 Å². The maximum Gasteiger partial charge on any atom is 0.221 e. The molecule has 0 saturated heterocycles. The fourth-order valence-electron chi connectivity index (χ4n) is 1.90. The average molecular weight is 241 g/mol. The topological polar surface area (TPSA) is 52.3 Å². The van der Waals surface area contributed by atoms with Crippen LogP contribution in [0.25, 0.3) is 11.1 Å². The van der Waals surface area contributed by atoms with Gasteiger partial charge >= 0.3 is 0 Å². The first-order valence-electron chi connectivity index (χ1n) is 5.71. The van der Waals surface area contributed by atoms with Crippen molar-refractivity contribution in [1.82, 2.24) is 0 Å². The Morgan fingerprint density at radius 3 is 2.50 bits per heavy atom. The molecule has 0 fully saturated rings. The molecule has 3 heteroatoms. The van der Waals surface area contributed by atoms with Crippen LogP contribution in [-0.4, -0.2) is 13.0 Å². The number of carbonyl (C=O) groups excluding carboxylic acids is 1. The molecule has 0 aromatic heterocycles. The van der Waals surface area contributed by atoms with Crippen LogP contribution in [0.3, 0.4) is 0 Å². The summed E-state index contributed by atoms with van der Waals surface area (Å²) in [4.78, 5) is 10.9. The number of methoxy groups -OCH3 is 1. The van der Waals surface area contributed by atoms with Crippen molar-refractivity contribution >= 4 is 5.91 Å². The van der Waals surface area contributed by atoms with Crippen LogP contribution in [0.1, 0.15) is 5.56 Å². The normalized spacial score (nSPS) is 10.1. The smallest absolute Gasteiger partial charge is 0.221 e. The Kier molecular flexibility index (Phi) is 3.63. The Hall–Kier alpha value is -2.29. The van der Waals surface area contributed by atoms with Crippen molar-refractivity contribution in [3.8, 4) is 16.9 Å². The Morgan fingerprint density at radius 1 is 1.17 bits per heavy atom. The van der Waals surface area contributed by atoms with Gasteiger partial charge in [0.25, 0.3) is 0 Å². The molecule has 0 bridgehead atoms. The molecule has 92 valence electrons. The van der Waals surface area contributed by atoms with E-state index in [0.29, 0.717) is 0 Å². The molecule has 18 heavy (non-hydrogen) atoms. The summed E-state index contributed by atoms with van der Waals surface area (Å²) in [5.74, 6) is 0.407. The first kappa shape index (κ1) is 12.2. The van der Waals surface area contributed by atoms with Gasteiger partial charge in [-0.1, -0.05) is 42.5 Å². The minimum Gasteiger partial charge on any atom is -0.496 e. The standard InChI is InChI=1S/C15H15NO2/c1-18-14-9-11(10-15(16)17)7-8-13(14)12-5-3-2-4-6-12/h2-9H,10H2,1H3,(H2,16,17). The van der Waals surface area contributed by atoms with Crippen LogP contribution in [0.2, 0.25) is 0 Å². The van der Waals surface area contributed by atoms with Gasteiger partial charge in [0.15, 0.2) is 0 Å². The number of rotatable bonds is 4. The van der Waals surface area contributed by atoms with Crippen molar-refractivity contribution in [2.75, 3.05) is 7.11 Å². The lowest BCUT2D eigenvalue weighted by molar-refractivity contribution is -0.117. The molecule has 2 rings (SSSR count). The monoisotopic (exact) mass is 241 g/mol. The average Bonchev–Trinajstić information content (AvgIpc) is 2.39. The second-order valence-corrected chi connectivity index (χ2v) is 4.04. The van der Waals surface area contributed by atoms with Gasteiger partial charge < -0.3 is 10.5 Å². The van der Waals surface area contributed by atoms with Crippen LogP contribution in [-0.2, 0) is 11.2 Å². The van der Waals surface area contributed by atoms with Crippen LogP contribution in [0.4, 0.5) is 0 Å². The maximum absolute atomic E-state index is 10.9. The molecule has 0 aliphatic heterocycles. The minimum atomic E-state index is -0.343. The van der Waals surface area contributed by atoms with Gasteiger partial charge in [-0.05, 0) is 17.2 Å². The van der Waals surface area contributed by atoms with Crippen molar-refractivity contribution < 1.29 is 9.53 Å². The predicted octanol–water partition coefficient (Wildman–Crippen LogP) is 2.39. The molecule has 2 N–H and O–H groups in total. The number of hydrogen-bond donors (Lipinski definition) is 1. The largest absolute Gasteiger partial charge is 0.496 e. The summed E-state index contributed by atoms with van der Waals surface area (Å²) < 4.78 is 5.37. The van der Waals surface area contributed by atoms with E-state index in [1.165, 1.54) is 0 Å². The highest BCUT2D eigenvalue weighted by atomic mass is 16.5. The van der Waals surface area contributed by atoms with E-state index in [2.05, 4.69) is 0 Å². The lowest BCUT2D eigenvalue weighted by Gasteiger charge is -2.10. The van der Waals surface area contributed by atoms with Gasteiger partial charge in [-0.2, -0.15) is 0 Å². The number of amides is 1. The Morgan fingerprint density at radius 2 is 1.89 bits per heavy atom. The summed E-state index contributed by atoms with van der Waals surface area (Å²) in [5.41, 5.74) is 8.13. The second kappa shape index (κ2) is 5.36. The number of benzene rings is 2. The van der Waals surface area contributed by atoms with Gasteiger partial charge in [-0.15, -0.1) is 0 Å². The van der Waals surface area contributed by atoms with Crippen LogP contribution in [0, 0.1) is 0 Å². The summed E-state index contributed by atoms with van der Waals surface area (Å²) in [5, 5.41) is 0. The zero-order chi connectivity index (χ0) is 13.0. The Balaban J connectivity index is 2.41. The van der Waals surface area contributed by atoms with E-state index in [-0.39, 0.29) is 12.3 Å². The van der Waals surface area contributed by atoms with Gasteiger partial charge in [0.1, 0.15) is 5.75 Å². The quantitative estimate of drug-likeness (QED) is 0.893. The van der Waals surface area contributed by atoms with E-state index >= 15 is 0 Å². The van der Waals surface area contributed by atoms with E-state index in [4.69, 9.17) is 10.5 Å². The van der Waals surface area contributed by atoms with Crippen molar-refractivity contribution in [1.29, 1.82) is 0 Å². The molecule has 0 aliphatic carbocycles. The molecule has 0 unspecified atom stereocenters. The molecule has 2 aromatic carbocycles. The highest BCUT2D eigenvalue weighted by Crippen LogP contribution is 2.30. The lowest BCUT2D eigenvalue weighted by Crippen LogP contribution is -2.13. The summed E-state index contributed by atoms with van der Waals surface area (Å²) in [6.07, 6.45) is 0.228. The fourth-order valence-corrected chi connectivity index (χ4v) is 1.90. The molecule has 1 amide bonds. The Labute approximate surface area is 106 Å². The third-order valence-corrected chi connectivity index (χ3v) is 2.73. The van der Waals surface area contributed by atoms with Crippen molar-refractivity contribution in [3.05, 3.63) is 54.1 Å². The zero-order valence-corrected chi connectivity index (χ0v) is 10.2. The molecule has 0 aliphatic rings. The van der Waals surface area contributed by atoms with Gasteiger partial charge in [0.2, 0.25) is 5.91 Å². The van der Waals surface area contributed by atoms with E-state index < -0.39 is 0 Å². The number of ether oxygens (including phenoxy) is 1. The predicted molar refractivity (Wildman–Crippen MR) is 71.3 cm³/mol. The molecule has 0 heterocycles. The molecule has 3 nitrogen and oxygen atoms in total. The number of nitrogens with two attached hydrogens (primary N) is 1. The van der Waals surface area contributed by atoms with Crippen LogP contribution in [0.5, 0.6) is 5.75 Å². The second-order valence-electron chi connectivity index (χ2n) is 4.04. The van der Waals surface area contributed by atoms with E-state index in [9.17, 15) is 4.79 Å². The molecule has 0 spiro atoms. The molecule has 2 aromatic rings. The van der Waals surface area contributed by atoms with E-state index in [1.807, 2.05) is 48.5 Å². The zero-order valence-electron chi connectivity index (χ0n) is 10.2. The molecule has 0 atom stereocenters. The number of hydrogen-bond acceptors (Lipinski definition) is 2. The lowest BCUT2D eigenvalue weighted by atomic mass is 10.0. The number of carbonyl (C=O) groups is 1. The van der Waals surface area contributed by atoms with Crippen LogP contribution in [0.15, 0.2) is 48.5 Å². The highest BCUT2D eigenvalue weighted by Gasteiger charge is 2.07. The van der Waals surface area contributed by atoms with Crippen molar-refractivity contribution in [2.24, 2.45) is 5.73 Å². The van der Waals surface area contributed by atoms with Gasteiger partial charge in [0.05, 0.1) is 13.5 Å². The Bertz CT molecular complexity index is 550. The van der Waals surface area contributed by atoms with Gasteiger partial charge in [-0.25, -0.2) is 0 Å². The first-order valence-corrected chi connectivity index (χ1v) is 5.71. The summed E-state index contributed by atoms with van der Waals surface area (Å²) in [6.45, 7) is 0. The summed E-state index contributed by atoms with van der Waals surface area (Å²) in [7, 11) is 1.62. The van der Waals surface area contributed by atoms with Crippen molar-refractivity contribution in [3.63, 3.8) is 0 Å². The molecular weight excluding hydrogens is 226 g/mol. The molecule has 0 saturated carbocycles. The molecule has 0 radical (unpaired) electrons. The van der Waals surface area contributed by atoms with Crippen LogP contribution >= 0.6 is 0 Å². The first-order chi connectivity index (χ1) is 8.70. The fraction of sp³-hybridized carbons (Fsp3) is 0.133. The third kappa shape index (κ3) is 2.69.